The summed E-state index contributed by atoms with van der Waals surface area (Å²) in [6.45, 7) is 4.06. The first kappa shape index (κ1) is 14.7. The van der Waals surface area contributed by atoms with E-state index >= 15 is 0 Å². The van der Waals surface area contributed by atoms with Crippen molar-refractivity contribution in [1.82, 2.24) is 0 Å². The van der Waals surface area contributed by atoms with E-state index in [1.165, 1.54) is 12.8 Å². The number of allylic oxidation sites excluding steroid dienone is 1. The van der Waals surface area contributed by atoms with Gasteiger partial charge in [-0.3, -0.25) is 4.79 Å². The maximum absolute atomic E-state index is 11.2. The van der Waals surface area contributed by atoms with Crippen molar-refractivity contribution in [2.24, 2.45) is 0 Å². The van der Waals surface area contributed by atoms with E-state index in [2.05, 4.69) is 28.9 Å². The third-order valence-corrected chi connectivity index (χ3v) is 2.52. The molecular formula is C12H21BrO2. The second-order valence-corrected chi connectivity index (χ2v) is 4.35. The molecule has 0 amide bonds. The van der Waals surface area contributed by atoms with Gasteiger partial charge < -0.3 is 4.74 Å². The van der Waals surface area contributed by atoms with Gasteiger partial charge in [0.25, 0.3) is 0 Å². The highest BCUT2D eigenvalue weighted by Crippen LogP contribution is 2.02. The van der Waals surface area contributed by atoms with E-state index in [0.717, 1.165) is 18.2 Å². The minimum atomic E-state index is -0.109. The van der Waals surface area contributed by atoms with Crippen LogP contribution in [0.1, 0.15) is 46.0 Å². The minimum Gasteiger partial charge on any atom is -0.458 e. The van der Waals surface area contributed by atoms with E-state index in [-0.39, 0.29) is 12.1 Å². The van der Waals surface area contributed by atoms with Crippen LogP contribution in [0.2, 0.25) is 0 Å². The van der Waals surface area contributed by atoms with Gasteiger partial charge >= 0.3 is 5.97 Å². The summed E-state index contributed by atoms with van der Waals surface area (Å²) >= 11 is 3.28. The second kappa shape index (κ2) is 10.2. The van der Waals surface area contributed by atoms with Crippen LogP contribution in [-0.4, -0.2) is 17.4 Å². The number of halogens is 1. The largest absolute Gasteiger partial charge is 0.458 e. The molecule has 3 heteroatoms. The summed E-state index contributed by atoms with van der Waals surface area (Å²) in [5, 5.41) is 0.850. The number of unbranched alkanes of at least 4 members (excludes halogenated alkanes) is 2. The number of carbonyl (C=O) groups excluding carboxylic acids is 1. The molecule has 1 unspecified atom stereocenters. The summed E-state index contributed by atoms with van der Waals surface area (Å²) in [5.74, 6) is -0.109. The van der Waals surface area contributed by atoms with Gasteiger partial charge in [0.05, 0.1) is 0 Å². The van der Waals surface area contributed by atoms with Crippen LogP contribution in [-0.2, 0) is 9.53 Å². The van der Waals surface area contributed by atoms with Gasteiger partial charge in [-0.1, -0.05) is 41.8 Å². The molecule has 15 heavy (non-hydrogen) atoms. The van der Waals surface area contributed by atoms with Crippen LogP contribution in [0.3, 0.4) is 0 Å². The Balaban J connectivity index is 3.58. The van der Waals surface area contributed by atoms with Crippen LogP contribution >= 0.6 is 15.9 Å². The van der Waals surface area contributed by atoms with Gasteiger partial charge in [0.15, 0.2) is 0 Å². The maximum Gasteiger partial charge on any atom is 0.306 e. The predicted molar refractivity (Wildman–Crippen MR) is 67.2 cm³/mol. The molecule has 2 nitrogen and oxygen atoms in total. The van der Waals surface area contributed by atoms with Gasteiger partial charge in [-0.15, -0.1) is 0 Å². The van der Waals surface area contributed by atoms with Crippen LogP contribution in [0.4, 0.5) is 0 Å². The predicted octanol–water partition coefficient (Wildman–Crippen LogP) is 3.84. The molecule has 0 rings (SSSR count). The number of alkyl halides is 1. The first-order chi connectivity index (χ1) is 7.20. The molecule has 0 aliphatic rings. The van der Waals surface area contributed by atoms with Crippen molar-refractivity contribution in [3.8, 4) is 0 Å². The number of hydrogen-bond donors (Lipinski definition) is 0. The van der Waals surface area contributed by atoms with E-state index in [0.29, 0.717) is 6.42 Å². The smallest absolute Gasteiger partial charge is 0.306 e. The van der Waals surface area contributed by atoms with Crippen molar-refractivity contribution in [1.29, 1.82) is 0 Å². The van der Waals surface area contributed by atoms with E-state index in [1.807, 2.05) is 13.0 Å². The first-order valence-corrected chi connectivity index (χ1v) is 6.75. The zero-order valence-electron chi connectivity index (χ0n) is 9.67. The lowest BCUT2D eigenvalue weighted by Crippen LogP contribution is -2.12. The Hall–Kier alpha value is -0.310. The van der Waals surface area contributed by atoms with Gasteiger partial charge in [-0.2, -0.15) is 0 Å². The fourth-order valence-corrected chi connectivity index (χ4v) is 1.41. The third-order valence-electron chi connectivity index (χ3n) is 1.96. The first-order valence-electron chi connectivity index (χ1n) is 5.62. The molecular weight excluding hydrogens is 256 g/mol. The Kier molecular flexibility index (Phi) is 10.0. The molecule has 0 heterocycles. The normalized spacial score (nSPS) is 13.0. The highest BCUT2D eigenvalue weighted by atomic mass is 79.9. The molecule has 0 aliphatic carbocycles. The average Bonchev–Trinajstić information content (AvgIpc) is 2.21. The van der Waals surface area contributed by atoms with Crippen molar-refractivity contribution in [3.05, 3.63) is 12.2 Å². The molecule has 0 aromatic heterocycles. The maximum atomic E-state index is 11.2. The molecule has 0 fully saturated rings. The van der Waals surface area contributed by atoms with Crippen LogP contribution in [0.25, 0.3) is 0 Å². The molecule has 0 aromatic carbocycles. The Labute approximate surface area is 101 Å². The van der Waals surface area contributed by atoms with Gasteiger partial charge in [0, 0.05) is 11.8 Å². The standard InChI is InChI=1S/C12H21BrO2/c1-3-4-5-6-8-11(2)15-12(14)9-7-10-13/h6,8,11H,3-5,7,9-10H2,1-2H3/b8-6+. The second-order valence-electron chi connectivity index (χ2n) is 3.56. The molecule has 0 spiro atoms. The lowest BCUT2D eigenvalue weighted by molar-refractivity contribution is -0.146. The number of esters is 1. The topological polar surface area (TPSA) is 26.3 Å². The fourth-order valence-electron chi connectivity index (χ4n) is 1.13. The molecule has 0 saturated heterocycles. The van der Waals surface area contributed by atoms with Crippen molar-refractivity contribution < 1.29 is 9.53 Å². The quantitative estimate of drug-likeness (QED) is 0.291. The summed E-state index contributed by atoms with van der Waals surface area (Å²) < 4.78 is 5.19. The van der Waals surface area contributed by atoms with Gasteiger partial charge in [0.2, 0.25) is 0 Å². The lowest BCUT2D eigenvalue weighted by Gasteiger charge is -2.08. The van der Waals surface area contributed by atoms with E-state index in [4.69, 9.17) is 4.74 Å². The Morgan fingerprint density at radius 3 is 2.80 bits per heavy atom. The number of ether oxygens (including phenoxy) is 1. The number of rotatable bonds is 8. The SMILES string of the molecule is CCCC/C=C/C(C)OC(=O)CCCBr. The Bertz CT molecular complexity index is 190. The van der Waals surface area contributed by atoms with E-state index in [9.17, 15) is 4.79 Å². The molecule has 0 radical (unpaired) electrons. The van der Waals surface area contributed by atoms with Crippen molar-refractivity contribution >= 4 is 21.9 Å². The van der Waals surface area contributed by atoms with Crippen molar-refractivity contribution in [2.45, 2.75) is 52.1 Å². The molecule has 1 atom stereocenters. The zero-order valence-corrected chi connectivity index (χ0v) is 11.3. The molecule has 0 aliphatic heterocycles. The third kappa shape index (κ3) is 9.98. The summed E-state index contributed by atoms with van der Waals surface area (Å²) in [5.41, 5.74) is 0. The molecule has 88 valence electrons. The fraction of sp³-hybridized carbons (Fsp3) is 0.750. The number of carbonyl (C=O) groups is 1. The Morgan fingerprint density at radius 2 is 2.20 bits per heavy atom. The number of hydrogen-bond acceptors (Lipinski definition) is 2. The van der Waals surface area contributed by atoms with E-state index in [1.54, 1.807) is 0 Å². The molecule has 0 aromatic rings. The van der Waals surface area contributed by atoms with Crippen molar-refractivity contribution in [3.63, 3.8) is 0 Å². The summed E-state index contributed by atoms with van der Waals surface area (Å²) in [4.78, 5) is 11.2. The summed E-state index contributed by atoms with van der Waals surface area (Å²) in [6, 6.07) is 0. The van der Waals surface area contributed by atoms with Gasteiger partial charge in [0.1, 0.15) is 6.10 Å². The van der Waals surface area contributed by atoms with Crippen LogP contribution < -0.4 is 0 Å². The monoisotopic (exact) mass is 276 g/mol. The van der Waals surface area contributed by atoms with E-state index < -0.39 is 0 Å². The summed E-state index contributed by atoms with van der Waals surface area (Å²) in [7, 11) is 0. The Morgan fingerprint density at radius 1 is 1.47 bits per heavy atom. The molecule has 0 N–H and O–H groups in total. The summed E-state index contributed by atoms with van der Waals surface area (Å²) in [6.07, 6.45) is 8.76. The zero-order chi connectivity index (χ0) is 11.5. The molecule has 0 saturated carbocycles. The van der Waals surface area contributed by atoms with Gasteiger partial charge in [-0.05, 0) is 25.8 Å². The lowest BCUT2D eigenvalue weighted by atomic mass is 10.2. The minimum absolute atomic E-state index is 0.0929. The van der Waals surface area contributed by atoms with Gasteiger partial charge in [-0.25, -0.2) is 0 Å². The highest BCUT2D eigenvalue weighted by Gasteiger charge is 2.05. The van der Waals surface area contributed by atoms with Crippen LogP contribution in [0, 0.1) is 0 Å². The van der Waals surface area contributed by atoms with Crippen molar-refractivity contribution in [2.75, 3.05) is 5.33 Å². The molecule has 0 bridgehead atoms. The van der Waals surface area contributed by atoms with Crippen LogP contribution in [0.15, 0.2) is 12.2 Å². The highest BCUT2D eigenvalue weighted by molar-refractivity contribution is 9.09. The average molecular weight is 277 g/mol. The van der Waals surface area contributed by atoms with Crippen LogP contribution in [0.5, 0.6) is 0 Å².